The second kappa shape index (κ2) is 20.7. The van der Waals surface area contributed by atoms with Crippen molar-refractivity contribution in [3.8, 4) is 0 Å². The highest BCUT2D eigenvalue weighted by Gasteiger charge is 2.08. The van der Waals surface area contributed by atoms with Gasteiger partial charge in [0.15, 0.2) is 0 Å². The number of hydrogen-bond donors (Lipinski definition) is 0. The number of ether oxygens (including phenoxy) is 2. The molecule has 0 amide bonds. The molecule has 0 aromatic carbocycles. The van der Waals surface area contributed by atoms with Crippen LogP contribution >= 0.6 is 0 Å². The third kappa shape index (κ3) is 21.2. The molecule has 0 fully saturated rings. The zero-order valence-electron chi connectivity index (χ0n) is 18.9. The summed E-state index contributed by atoms with van der Waals surface area (Å²) in [4.78, 5) is 23.0. The summed E-state index contributed by atoms with van der Waals surface area (Å²) in [5.41, 5.74) is 0. The Labute approximate surface area is 174 Å². The Morgan fingerprint density at radius 1 is 0.607 bits per heavy atom. The number of rotatable bonds is 20. The lowest BCUT2D eigenvalue weighted by Gasteiger charge is -2.07. The first kappa shape index (κ1) is 26.9. The van der Waals surface area contributed by atoms with Crippen LogP contribution in [0.1, 0.15) is 130 Å². The quantitative estimate of drug-likeness (QED) is 0.162. The summed E-state index contributed by atoms with van der Waals surface area (Å²) in [5.74, 6) is -0.443. The van der Waals surface area contributed by atoms with Crippen LogP contribution in [0, 0.1) is 0 Å². The molecule has 0 aromatic rings. The molecule has 0 atom stereocenters. The van der Waals surface area contributed by atoms with Crippen molar-refractivity contribution in [3.05, 3.63) is 0 Å². The molecule has 0 saturated carbocycles. The largest absolute Gasteiger partial charge is 0.466 e. The van der Waals surface area contributed by atoms with E-state index in [1.54, 1.807) is 0 Å². The minimum Gasteiger partial charge on any atom is -0.466 e. The van der Waals surface area contributed by atoms with Gasteiger partial charge in [-0.2, -0.15) is 0 Å². The standard InChI is InChI=1S/C24H46O4/c1-4-5-6-7-8-9-10-11-12-13-14-15-16-17-21-27-23(25)19-18-20-24(26)28-22(2)3/h22H,4-21H2,1-3H3. The van der Waals surface area contributed by atoms with Gasteiger partial charge in [-0.15, -0.1) is 0 Å². The van der Waals surface area contributed by atoms with E-state index in [-0.39, 0.29) is 24.5 Å². The summed E-state index contributed by atoms with van der Waals surface area (Å²) < 4.78 is 10.3. The van der Waals surface area contributed by atoms with Crippen LogP contribution in [-0.4, -0.2) is 24.6 Å². The molecular formula is C24H46O4. The Balaban J connectivity index is 3.22. The van der Waals surface area contributed by atoms with E-state index in [2.05, 4.69) is 6.92 Å². The molecule has 0 saturated heterocycles. The second-order valence-electron chi connectivity index (χ2n) is 8.21. The van der Waals surface area contributed by atoms with Gasteiger partial charge in [-0.05, 0) is 26.7 Å². The molecule has 0 aliphatic heterocycles. The van der Waals surface area contributed by atoms with E-state index in [9.17, 15) is 9.59 Å². The number of hydrogen-bond acceptors (Lipinski definition) is 4. The maximum absolute atomic E-state index is 11.6. The van der Waals surface area contributed by atoms with Crippen molar-refractivity contribution < 1.29 is 19.1 Å². The van der Waals surface area contributed by atoms with Crippen molar-refractivity contribution in [2.45, 2.75) is 136 Å². The Bertz CT molecular complexity index is 366. The van der Waals surface area contributed by atoms with E-state index in [0.29, 0.717) is 19.4 Å². The van der Waals surface area contributed by atoms with Gasteiger partial charge in [0.1, 0.15) is 0 Å². The fourth-order valence-electron chi connectivity index (χ4n) is 3.25. The lowest BCUT2D eigenvalue weighted by atomic mass is 10.0. The molecule has 4 heteroatoms. The highest BCUT2D eigenvalue weighted by molar-refractivity contribution is 5.72. The van der Waals surface area contributed by atoms with E-state index >= 15 is 0 Å². The Morgan fingerprint density at radius 2 is 1.04 bits per heavy atom. The molecule has 0 N–H and O–H groups in total. The highest BCUT2D eigenvalue weighted by atomic mass is 16.5. The lowest BCUT2D eigenvalue weighted by Crippen LogP contribution is -2.12. The monoisotopic (exact) mass is 398 g/mol. The maximum atomic E-state index is 11.6. The van der Waals surface area contributed by atoms with Gasteiger partial charge < -0.3 is 9.47 Å². The Kier molecular flexibility index (Phi) is 19.9. The highest BCUT2D eigenvalue weighted by Crippen LogP contribution is 2.13. The van der Waals surface area contributed by atoms with E-state index in [4.69, 9.17) is 9.47 Å². The van der Waals surface area contributed by atoms with Gasteiger partial charge in [0.25, 0.3) is 0 Å². The smallest absolute Gasteiger partial charge is 0.306 e. The molecule has 0 spiro atoms. The summed E-state index contributed by atoms with van der Waals surface area (Å²) in [6.07, 6.45) is 19.5. The Morgan fingerprint density at radius 3 is 1.50 bits per heavy atom. The molecular weight excluding hydrogens is 352 g/mol. The van der Waals surface area contributed by atoms with Crippen molar-refractivity contribution in [3.63, 3.8) is 0 Å². The summed E-state index contributed by atoms with van der Waals surface area (Å²) in [7, 11) is 0. The molecule has 4 nitrogen and oxygen atoms in total. The predicted molar refractivity (Wildman–Crippen MR) is 116 cm³/mol. The normalized spacial score (nSPS) is 11.0. The molecule has 166 valence electrons. The zero-order chi connectivity index (χ0) is 20.9. The summed E-state index contributed by atoms with van der Waals surface area (Å²) in [6, 6.07) is 0. The van der Waals surface area contributed by atoms with Crippen molar-refractivity contribution in [2.75, 3.05) is 6.61 Å². The van der Waals surface area contributed by atoms with Crippen LogP contribution < -0.4 is 0 Å². The maximum Gasteiger partial charge on any atom is 0.306 e. The van der Waals surface area contributed by atoms with E-state index in [1.807, 2.05) is 13.8 Å². The van der Waals surface area contributed by atoms with Gasteiger partial charge >= 0.3 is 11.9 Å². The van der Waals surface area contributed by atoms with Crippen LogP contribution in [0.5, 0.6) is 0 Å². The molecule has 0 unspecified atom stereocenters. The number of carbonyl (C=O) groups excluding carboxylic acids is 2. The predicted octanol–water partition coefficient (Wildman–Crippen LogP) is 7.13. The molecule has 0 heterocycles. The molecule has 0 aliphatic rings. The van der Waals surface area contributed by atoms with Gasteiger partial charge in [0.2, 0.25) is 0 Å². The molecule has 0 radical (unpaired) electrons. The van der Waals surface area contributed by atoms with Gasteiger partial charge in [-0.1, -0.05) is 90.4 Å². The van der Waals surface area contributed by atoms with Crippen LogP contribution in [0.4, 0.5) is 0 Å². The van der Waals surface area contributed by atoms with Crippen molar-refractivity contribution in [2.24, 2.45) is 0 Å². The van der Waals surface area contributed by atoms with Gasteiger partial charge in [0.05, 0.1) is 12.7 Å². The van der Waals surface area contributed by atoms with E-state index in [0.717, 1.165) is 12.8 Å². The average molecular weight is 399 g/mol. The minimum atomic E-state index is -0.241. The first-order valence-corrected chi connectivity index (χ1v) is 11.9. The fraction of sp³-hybridized carbons (Fsp3) is 0.917. The lowest BCUT2D eigenvalue weighted by molar-refractivity contribution is -0.148. The first-order valence-electron chi connectivity index (χ1n) is 11.9. The molecule has 28 heavy (non-hydrogen) atoms. The van der Waals surface area contributed by atoms with Crippen molar-refractivity contribution in [1.29, 1.82) is 0 Å². The van der Waals surface area contributed by atoms with Crippen LogP contribution in [0.15, 0.2) is 0 Å². The van der Waals surface area contributed by atoms with E-state index in [1.165, 1.54) is 77.0 Å². The fourth-order valence-corrected chi connectivity index (χ4v) is 3.25. The van der Waals surface area contributed by atoms with Crippen molar-refractivity contribution in [1.82, 2.24) is 0 Å². The summed E-state index contributed by atoms with van der Waals surface area (Å²) >= 11 is 0. The molecule has 0 rings (SSSR count). The summed E-state index contributed by atoms with van der Waals surface area (Å²) in [5, 5.41) is 0. The number of esters is 2. The first-order chi connectivity index (χ1) is 13.6. The SMILES string of the molecule is CCCCCCCCCCCCCCCCOC(=O)CCCC(=O)OC(C)C. The summed E-state index contributed by atoms with van der Waals surface area (Å²) in [6.45, 7) is 6.42. The number of unbranched alkanes of at least 4 members (excludes halogenated alkanes) is 13. The second-order valence-corrected chi connectivity index (χ2v) is 8.21. The van der Waals surface area contributed by atoms with Gasteiger partial charge in [0, 0.05) is 12.8 Å². The van der Waals surface area contributed by atoms with E-state index < -0.39 is 0 Å². The average Bonchev–Trinajstić information content (AvgIpc) is 2.64. The van der Waals surface area contributed by atoms with Crippen LogP contribution in [0.3, 0.4) is 0 Å². The zero-order valence-corrected chi connectivity index (χ0v) is 18.9. The topological polar surface area (TPSA) is 52.6 Å². The third-order valence-corrected chi connectivity index (χ3v) is 4.89. The van der Waals surface area contributed by atoms with Gasteiger partial charge in [-0.3, -0.25) is 9.59 Å². The van der Waals surface area contributed by atoms with Gasteiger partial charge in [-0.25, -0.2) is 0 Å². The van der Waals surface area contributed by atoms with Crippen LogP contribution in [-0.2, 0) is 19.1 Å². The Hall–Kier alpha value is -1.06. The van der Waals surface area contributed by atoms with Crippen LogP contribution in [0.2, 0.25) is 0 Å². The minimum absolute atomic E-state index is 0.0974. The third-order valence-electron chi connectivity index (χ3n) is 4.89. The molecule has 0 bridgehead atoms. The molecule has 0 aliphatic carbocycles. The van der Waals surface area contributed by atoms with Crippen LogP contribution in [0.25, 0.3) is 0 Å². The molecule has 0 aromatic heterocycles. The number of carbonyl (C=O) groups is 2. The van der Waals surface area contributed by atoms with Crippen molar-refractivity contribution >= 4 is 11.9 Å².